The largest absolute Gasteiger partial charge is 0.294 e. The lowest BCUT2D eigenvalue weighted by atomic mass is 9.92. The van der Waals surface area contributed by atoms with Crippen molar-refractivity contribution in [2.24, 2.45) is 35.2 Å². The molecule has 13 aromatic carbocycles. The summed E-state index contributed by atoms with van der Waals surface area (Å²) in [6, 6.07) is 104. The zero-order chi connectivity index (χ0) is 96.7. The molecule has 5 aromatic heterocycles. The molecule has 10 nitrogen and oxygen atoms in total. The number of hydrogen-bond donors (Lipinski definition) is 0. The first-order valence-electron chi connectivity index (χ1n) is 48.1. The van der Waals surface area contributed by atoms with Crippen LogP contribution in [0.3, 0.4) is 0 Å². The summed E-state index contributed by atoms with van der Waals surface area (Å²) >= 11 is 0. The number of nitrogens with zero attached hydrogens (tertiary/aromatic N) is 10. The van der Waals surface area contributed by atoms with Crippen molar-refractivity contribution in [3.63, 3.8) is 0 Å². The molecule has 0 fully saturated rings. The first-order valence-corrected chi connectivity index (χ1v) is 48.1. The van der Waals surface area contributed by atoms with Crippen LogP contribution in [0.4, 0.5) is 0 Å². The molecule has 0 aliphatic rings. The van der Waals surface area contributed by atoms with Crippen molar-refractivity contribution in [3.05, 3.63) is 428 Å². The van der Waals surface area contributed by atoms with Crippen LogP contribution in [0.1, 0.15) is 185 Å². The van der Waals surface area contributed by atoms with Crippen LogP contribution in [0, 0.1) is 104 Å². The molecule has 0 unspecified atom stereocenters. The Kier molecular flexibility index (Phi) is 30.2. The summed E-state index contributed by atoms with van der Waals surface area (Å²) < 4.78 is 23.4. The molecule has 10 heteroatoms. The van der Waals surface area contributed by atoms with E-state index in [0.717, 1.165) is 0 Å². The second-order valence-electron chi connectivity index (χ2n) is 38.4. The minimum absolute atomic E-state index is 0.437. The lowest BCUT2D eigenvalue weighted by Gasteiger charge is -2.17. The van der Waals surface area contributed by atoms with Gasteiger partial charge in [0.05, 0.1) is 51.9 Å². The van der Waals surface area contributed by atoms with Gasteiger partial charge >= 0.3 is 0 Å². The first-order chi connectivity index (χ1) is 64.7. The Morgan fingerprint density at radius 3 is 0.652 bits per heavy atom. The molecular formula is C125H141N10+5. The van der Waals surface area contributed by atoms with E-state index < -0.39 is 0 Å². The van der Waals surface area contributed by atoms with E-state index in [1.165, 1.54) is 225 Å². The van der Waals surface area contributed by atoms with E-state index >= 15 is 0 Å². The zero-order valence-corrected chi connectivity index (χ0v) is 85.4. The number of imidazole rings is 5. The fourth-order valence-corrected chi connectivity index (χ4v) is 19.8. The number of benzene rings is 13. The molecule has 0 aliphatic carbocycles. The molecular weight excluding hydrogens is 1640 g/mol. The van der Waals surface area contributed by atoms with Gasteiger partial charge in [0.1, 0.15) is 59.4 Å². The maximum absolute atomic E-state index is 2.43. The van der Waals surface area contributed by atoms with Crippen molar-refractivity contribution in [1.82, 2.24) is 22.8 Å². The van der Waals surface area contributed by atoms with Gasteiger partial charge in [0.2, 0.25) is 0 Å². The predicted octanol–water partition coefficient (Wildman–Crippen LogP) is 29.0. The quantitative estimate of drug-likeness (QED) is 0.0816. The van der Waals surface area contributed by atoms with Gasteiger partial charge in [-0.3, -0.25) is 0 Å². The van der Waals surface area contributed by atoms with Gasteiger partial charge in [-0.15, -0.1) is 0 Å². The maximum atomic E-state index is 2.43. The highest BCUT2D eigenvalue weighted by atomic mass is 15.2. The van der Waals surface area contributed by atoms with Crippen LogP contribution in [0.5, 0.6) is 0 Å². The Balaban J connectivity index is 0.000000136. The fraction of sp³-hybridized carbons (Fsp3) is 0.256. The molecule has 0 N–H and O–H groups in total. The maximum Gasteiger partial charge on any atom is 0.294 e. The summed E-state index contributed by atoms with van der Waals surface area (Å²) in [5, 5.41) is 0. The van der Waals surface area contributed by atoms with Gasteiger partial charge in [0.25, 0.3) is 29.1 Å². The van der Waals surface area contributed by atoms with E-state index in [-0.39, 0.29) is 0 Å². The van der Waals surface area contributed by atoms with Crippen LogP contribution < -0.4 is 22.8 Å². The summed E-state index contributed by atoms with van der Waals surface area (Å²) in [6.45, 7) is 51.0. The summed E-state index contributed by atoms with van der Waals surface area (Å²) in [7, 11) is 10.8. The average molecular weight is 1780 g/mol. The third-order valence-corrected chi connectivity index (χ3v) is 27.2. The molecule has 5 heterocycles. The molecule has 0 atom stereocenters. The van der Waals surface area contributed by atoms with Gasteiger partial charge in [-0.2, -0.15) is 22.8 Å². The van der Waals surface area contributed by atoms with E-state index in [1.54, 1.807) is 0 Å². The molecule has 18 aromatic rings. The Bertz CT molecular complexity index is 7150. The lowest BCUT2D eigenvalue weighted by molar-refractivity contribution is -0.603. The van der Waals surface area contributed by atoms with Crippen LogP contribution in [-0.4, -0.2) is 22.8 Å². The lowest BCUT2D eigenvalue weighted by Crippen LogP contribution is -2.35. The highest BCUT2D eigenvalue weighted by molar-refractivity contribution is 5.72. The topological polar surface area (TPSA) is 44.0 Å². The number of aryl methyl sites for hydroxylation is 13. The van der Waals surface area contributed by atoms with Crippen molar-refractivity contribution in [2.75, 3.05) is 0 Å². The highest BCUT2D eigenvalue weighted by Gasteiger charge is 2.35. The zero-order valence-electron chi connectivity index (χ0n) is 85.4. The molecule has 686 valence electrons. The van der Waals surface area contributed by atoms with Crippen molar-refractivity contribution >= 4 is 0 Å². The monoisotopic (exact) mass is 1780 g/mol. The summed E-state index contributed by atoms with van der Waals surface area (Å²) in [6.07, 6.45) is 11.5. The number of aromatic nitrogens is 10. The SMILES string of the molecule is Cc1cc(C)cc(-c2n(C)c(-c3ccccc3C)c[n+]2-c2c(C)cccc2C)c1.Cc1ccccc1-c1c[n+](-c2c(C(C)C)cccc2C(C)C)c(-c2ccccc2)n1C.Cc1ccccc1-c1c[n+](-c2c(C(C)C)cccc2C(C)C)c(C)n1C.Cc1ccccc1-c1c[n+](-c2c(C)cccc2C)c(-c2ccccc2)n1C.Cc1ccccc1-c1c[n+](-c2c(C)cccc2C)c(C)n1C. The molecule has 0 radical (unpaired) electrons. The average Bonchev–Trinajstić information content (AvgIpc) is 1.62. The van der Waals surface area contributed by atoms with Crippen LogP contribution >= 0.6 is 0 Å². The Morgan fingerprint density at radius 1 is 0.185 bits per heavy atom. The van der Waals surface area contributed by atoms with Crippen LogP contribution in [0.2, 0.25) is 0 Å². The normalized spacial score (nSPS) is 11.2. The second-order valence-corrected chi connectivity index (χ2v) is 38.4. The molecule has 0 aliphatic heterocycles. The highest BCUT2D eigenvalue weighted by Crippen LogP contribution is 2.38. The minimum Gasteiger partial charge on any atom is -0.230 e. The molecule has 0 saturated carbocycles. The van der Waals surface area contributed by atoms with Gasteiger partial charge in [-0.1, -0.05) is 310 Å². The Morgan fingerprint density at radius 2 is 0.385 bits per heavy atom. The smallest absolute Gasteiger partial charge is 0.230 e. The van der Waals surface area contributed by atoms with Crippen molar-refractivity contribution in [3.8, 4) is 119 Å². The molecule has 135 heavy (non-hydrogen) atoms. The minimum atomic E-state index is 0.437. The van der Waals surface area contributed by atoms with Gasteiger partial charge in [-0.25, -0.2) is 22.8 Å². The summed E-state index contributed by atoms with van der Waals surface area (Å²) in [4.78, 5) is 0. The van der Waals surface area contributed by atoms with Gasteiger partial charge in [0.15, 0.2) is 28.5 Å². The first kappa shape index (κ1) is 96.9. The predicted molar refractivity (Wildman–Crippen MR) is 566 cm³/mol. The van der Waals surface area contributed by atoms with Gasteiger partial charge in [0, 0.05) is 63.9 Å². The van der Waals surface area contributed by atoms with Crippen LogP contribution in [0.25, 0.3) is 119 Å². The number of para-hydroxylation sites is 5. The van der Waals surface area contributed by atoms with Crippen molar-refractivity contribution < 1.29 is 22.8 Å². The number of hydrogen-bond acceptors (Lipinski definition) is 0. The van der Waals surface area contributed by atoms with Gasteiger partial charge in [-0.05, 0) is 222 Å². The second kappa shape index (κ2) is 42.0. The standard InChI is InChI=1S/C29H33N2.C27H29N2.C25H25N2.C24H31N2.C20H23N2/c1-20(2)24-17-12-18-25(21(3)4)28(24)31-19-27(26-16-11-10-13-22(26)5)30(6)29(31)23-14-8-7-9-15-23;1-18-14-19(2)16-23(15-18)27-28(6)25(24-13-8-7-10-20(24)3)17-29(27)26-21(4)11-9-12-22(26)5;1-18-11-8-9-16-22(18)23-17-27(24-19(2)12-10-13-20(24)3)25(26(23)4)21-14-6-5-7-15-21;1-16(2)20-13-10-14-21(17(3)4)24(20)26-15-23(25(7)19(26)6)22-12-9-8-11-18(22)5;1-14-9-6-7-12-18(14)19-13-22(17(4)21(19)5)20-15(2)10-8-11-16(20)3/h7-21H,1-6H3;7-17H,1-6H3;5-17H,1-4H3;8-17H,1-7H3;6-13H,1-5H3/q5*+1. The summed E-state index contributed by atoms with van der Waals surface area (Å²) in [5.41, 5.74) is 45.1. The Hall–Kier alpha value is -14.1. The summed E-state index contributed by atoms with van der Waals surface area (Å²) in [5.74, 6) is 7.91. The third kappa shape index (κ3) is 20.3. The molecule has 0 spiro atoms. The molecule has 0 bridgehead atoms. The van der Waals surface area contributed by atoms with Crippen LogP contribution in [0.15, 0.2) is 322 Å². The Labute approximate surface area is 805 Å². The van der Waals surface area contributed by atoms with E-state index in [9.17, 15) is 0 Å². The van der Waals surface area contributed by atoms with Crippen LogP contribution in [-0.2, 0) is 35.2 Å². The molecule has 0 saturated heterocycles. The van der Waals surface area contributed by atoms with Crippen molar-refractivity contribution in [2.45, 2.75) is 183 Å². The number of rotatable bonds is 17. The third-order valence-electron chi connectivity index (χ3n) is 27.2. The van der Waals surface area contributed by atoms with Gasteiger partial charge < -0.3 is 0 Å². The van der Waals surface area contributed by atoms with E-state index in [1.807, 2.05) is 0 Å². The molecule has 18 rings (SSSR count). The van der Waals surface area contributed by atoms with E-state index in [4.69, 9.17) is 0 Å². The van der Waals surface area contributed by atoms with E-state index in [2.05, 4.69) is 562 Å². The fourth-order valence-electron chi connectivity index (χ4n) is 19.8. The van der Waals surface area contributed by atoms with E-state index in [0.29, 0.717) is 23.7 Å². The van der Waals surface area contributed by atoms with Crippen molar-refractivity contribution in [1.29, 1.82) is 0 Å². The molecule has 0 amide bonds.